The predicted octanol–water partition coefficient (Wildman–Crippen LogP) is 3.99. The third-order valence-electron chi connectivity index (χ3n) is 4.65. The number of aryl methyl sites for hydroxylation is 1. The SMILES string of the molecule is CC(C)CCN(C(=O)c1ccc(F)cc1)c1ncc(C(=O)NCCCn2ccnc2)s1. The topological polar surface area (TPSA) is 80.1 Å². The minimum Gasteiger partial charge on any atom is -0.351 e. The lowest BCUT2D eigenvalue weighted by Gasteiger charge is -2.21. The molecule has 2 heterocycles. The molecule has 0 aliphatic heterocycles. The Morgan fingerprint density at radius 3 is 2.71 bits per heavy atom. The fourth-order valence-corrected chi connectivity index (χ4v) is 3.74. The van der Waals surface area contributed by atoms with Crippen LogP contribution in [0.2, 0.25) is 0 Å². The lowest BCUT2D eigenvalue weighted by molar-refractivity contribution is 0.0954. The Hall–Kier alpha value is -3.07. The number of benzene rings is 1. The molecule has 0 saturated heterocycles. The smallest absolute Gasteiger partial charge is 0.263 e. The largest absolute Gasteiger partial charge is 0.351 e. The second kappa shape index (κ2) is 10.8. The van der Waals surface area contributed by atoms with Crippen LogP contribution in [0.4, 0.5) is 9.52 Å². The van der Waals surface area contributed by atoms with Crippen molar-refractivity contribution in [3.8, 4) is 0 Å². The molecule has 2 amide bonds. The monoisotopic (exact) mass is 443 g/mol. The highest BCUT2D eigenvalue weighted by molar-refractivity contribution is 7.17. The maximum absolute atomic E-state index is 13.2. The summed E-state index contributed by atoms with van der Waals surface area (Å²) in [6.07, 6.45) is 8.38. The Morgan fingerprint density at radius 1 is 1.26 bits per heavy atom. The molecule has 0 unspecified atom stereocenters. The number of hydrogen-bond donors (Lipinski definition) is 1. The van der Waals surface area contributed by atoms with Crippen molar-refractivity contribution in [3.05, 3.63) is 65.4 Å². The second-order valence-corrected chi connectivity index (χ2v) is 8.57. The van der Waals surface area contributed by atoms with Crippen molar-refractivity contribution in [2.24, 2.45) is 5.92 Å². The molecule has 2 aromatic heterocycles. The fourth-order valence-electron chi connectivity index (χ4n) is 2.88. The molecule has 0 bridgehead atoms. The van der Waals surface area contributed by atoms with Gasteiger partial charge in [-0.25, -0.2) is 14.4 Å². The summed E-state index contributed by atoms with van der Waals surface area (Å²) < 4.78 is 15.2. The third kappa shape index (κ3) is 6.45. The van der Waals surface area contributed by atoms with Crippen molar-refractivity contribution in [1.82, 2.24) is 19.9 Å². The molecule has 0 saturated carbocycles. The number of amides is 2. The number of rotatable bonds is 10. The van der Waals surface area contributed by atoms with E-state index in [4.69, 9.17) is 0 Å². The molecule has 1 N–H and O–H groups in total. The van der Waals surface area contributed by atoms with Crippen LogP contribution in [-0.2, 0) is 6.54 Å². The van der Waals surface area contributed by atoms with Crippen LogP contribution in [0.1, 0.15) is 46.7 Å². The van der Waals surface area contributed by atoms with E-state index in [2.05, 4.69) is 29.1 Å². The molecule has 164 valence electrons. The first-order chi connectivity index (χ1) is 14.9. The van der Waals surface area contributed by atoms with E-state index in [1.165, 1.54) is 41.8 Å². The van der Waals surface area contributed by atoms with Crippen molar-refractivity contribution in [2.75, 3.05) is 18.0 Å². The van der Waals surface area contributed by atoms with E-state index in [1.54, 1.807) is 17.4 Å². The molecule has 0 spiro atoms. The fraction of sp³-hybridized carbons (Fsp3) is 0.364. The number of halogens is 1. The molecule has 3 aromatic rings. The maximum atomic E-state index is 13.2. The van der Waals surface area contributed by atoms with Gasteiger partial charge in [0.1, 0.15) is 10.7 Å². The first-order valence-electron chi connectivity index (χ1n) is 10.2. The zero-order valence-corrected chi connectivity index (χ0v) is 18.4. The number of thiazole rings is 1. The number of anilines is 1. The van der Waals surface area contributed by atoms with Gasteiger partial charge in [0.15, 0.2) is 5.13 Å². The minimum absolute atomic E-state index is 0.215. The normalized spacial score (nSPS) is 11.0. The van der Waals surface area contributed by atoms with E-state index in [9.17, 15) is 14.0 Å². The van der Waals surface area contributed by atoms with Gasteiger partial charge in [-0.15, -0.1) is 0 Å². The predicted molar refractivity (Wildman–Crippen MR) is 119 cm³/mol. The van der Waals surface area contributed by atoms with Gasteiger partial charge in [0.2, 0.25) is 0 Å². The number of nitrogens with one attached hydrogen (secondary N) is 1. The zero-order valence-electron chi connectivity index (χ0n) is 17.6. The van der Waals surface area contributed by atoms with Gasteiger partial charge in [-0.3, -0.25) is 14.5 Å². The number of carbonyl (C=O) groups excluding carboxylic acids is 2. The Morgan fingerprint density at radius 2 is 2.03 bits per heavy atom. The van der Waals surface area contributed by atoms with Crippen LogP contribution in [0, 0.1) is 11.7 Å². The Balaban J connectivity index is 1.65. The van der Waals surface area contributed by atoms with E-state index in [0.29, 0.717) is 34.6 Å². The second-order valence-electron chi connectivity index (χ2n) is 7.56. The van der Waals surface area contributed by atoms with Crippen LogP contribution in [0.25, 0.3) is 0 Å². The molecule has 31 heavy (non-hydrogen) atoms. The average Bonchev–Trinajstić information content (AvgIpc) is 3.44. The Bertz CT molecular complexity index is 986. The molecule has 9 heteroatoms. The summed E-state index contributed by atoms with van der Waals surface area (Å²) in [5, 5.41) is 3.34. The number of carbonyl (C=O) groups is 2. The van der Waals surface area contributed by atoms with Gasteiger partial charge >= 0.3 is 0 Å². The summed E-state index contributed by atoms with van der Waals surface area (Å²) in [6.45, 7) is 5.91. The van der Waals surface area contributed by atoms with Crippen molar-refractivity contribution < 1.29 is 14.0 Å². The molecule has 0 aliphatic rings. The Kier molecular flexibility index (Phi) is 7.88. The van der Waals surface area contributed by atoms with Gasteiger partial charge in [0, 0.05) is 37.6 Å². The summed E-state index contributed by atoms with van der Waals surface area (Å²) in [6, 6.07) is 5.44. The molecule has 0 fully saturated rings. The molecule has 0 aliphatic carbocycles. The summed E-state index contributed by atoms with van der Waals surface area (Å²) >= 11 is 1.18. The van der Waals surface area contributed by atoms with E-state index in [1.807, 2.05) is 10.8 Å². The molecule has 1 aromatic carbocycles. The van der Waals surface area contributed by atoms with E-state index < -0.39 is 5.82 Å². The molecule has 0 radical (unpaired) electrons. The highest BCUT2D eigenvalue weighted by atomic mass is 32.1. The average molecular weight is 444 g/mol. The van der Waals surface area contributed by atoms with E-state index in [0.717, 1.165) is 19.4 Å². The van der Waals surface area contributed by atoms with Crippen molar-refractivity contribution in [3.63, 3.8) is 0 Å². The Labute approximate surface area is 184 Å². The van der Waals surface area contributed by atoms with Crippen LogP contribution < -0.4 is 10.2 Å². The number of nitrogens with zero attached hydrogens (tertiary/aromatic N) is 4. The van der Waals surface area contributed by atoms with Gasteiger partial charge < -0.3 is 9.88 Å². The molecular formula is C22H26FN5O2S. The van der Waals surface area contributed by atoms with Crippen molar-refractivity contribution in [2.45, 2.75) is 33.2 Å². The van der Waals surface area contributed by atoms with Crippen LogP contribution in [0.15, 0.2) is 49.2 Å². The van der Waals surface area contributed by atoms with Gasteiger partial charge in [-0.2, -0.15) is 0 Å². The zero-order chi connectivity index (χ0) is 22.2. The van der Waals surface area contributed by atoms with E-state index in [-0.39, 0.29) is 11.8 Å². The summed E-state index contributed by atoms with van der Waals surface area (Å²) in [5.41, 5.74) is 0.380. The molecule has 3 rings (SSSR count). The number of aromatic nitrogens is 3. The summed E-state index contributed by atoms with van der Waals surface area (Å²) in [7, 11) is 0. The molecular weight excluding hydrogens is 417 g/mol. The summed E-state index contributed by atoms with van der Waals surface area (Å²) in [4.78, 5) is 35.8. The first kappa shape index (κ1) is 22.6. The van der Waals surface area contributed by atoms with E-state index >= 15 is 0 Å². The number of imidazole rings is 1. The van der Waals surface area contributed by atoms with Crippen LogP contribution in [0.5, 0.6) is 0 Å². The highest BCUT2D eigenvalue weighted by Gasteiger charge is 2.22. The van der Waals surface area contributed by atoms with Gasteiger partial charge in [0.05, 0.1) is 12.5 Å². The van der Waals surface area contributed by atoms with Crippen molar-refractivity contribution in [1.29, 1.82) is 0 Å². The highest BCUT2D eigenvalue weighted by Crippen LogP contribution is 2.25. The van der Waals surface area contributed by atoms with Gasteiger partial charge in [-0.1, -0.05) is 25.2 Å². The van der Waals surface area contributed by atoms with Gasteiger partial charge in [-0.05, 0) is 43.0 Å². The van der Waals surface area contributed by atoms with Crippen LogP contribution >= 0.6 is 11.3 Å². The standard InChI is InChI=1S/C22H26FN5O2S/c1-16(2)8-12-28(21(30)17-4-6-18(23)7-5-17)22-26-14-19(31-22)20(29)25-9-3-11-27-13-10-24-15-27/h4-7,10,13-16H,3,8-9,11-12H2,1-2H3,(H,25,29). The minimum atomic E-state index is -0.397. The van der Waals surface area contributed by atoms with Gasteiger partial charge in [0.25, 0.3) is 11.8 Å². The quantitative estimate of drug-likeness (QED) is 0.481. The summed E-state index contributed by atoms with van der Waals surface area (Å²) in [5.74, 6) is -0.483. The van der Waals surface area contributed by atoms with Crippen molar-refractivity contribution >= 4 is 28.3 Å². The first-order valence-corrected chi connectivity index (χ1v) is 11.0. The number of hydrogen-bond acceptors (Lipinski definition) is 5. The molecule has 7 nitrogen and oxygen atoms in total. The van der Waals surface area contributed by atoms with Crippen LogP contribution in [0.3, 0.4) is 0 Å². The maximum Gasteiger partial charge on any atom is 0.263 e. The van der Waals surface area contributed by atoms with Crippen LogP contribution in [-0.4, -0.2) is 39.4 Å². The lowest BCUT2D eigenvalue weighted by atomic mass is 10.1. The third-order valence-corrected chi connectivity index (χ3v) is 5.67. The molecule has 0 atom stereocenters. The lowest BCUT2D eigenvalue weighted by Crippen LogP contribution is -2.32.